The second-order valence-electron chi connectivity index (χ2n) is 5.09. The number of aromatic carboxylic acids is 1. The monoisotopic (exact) mass is 371 g/mol. The molecule has 0 unspecified atom stereocenters. The van der Waals surface area contributed by atoms with Crippen molar-refractivity contribution in [3.63, 3.8) is 0 Å². The molecule has 0 spiro atoms. The van der Waals surface area contributed by atoms with Crippen molar-refractivity contribution in [3.05, 3.63) is 70.2 Å². The number of pyridine rings is 1. The van der Waals surface area contributed by atoms with Crippen LogP contribution in [0, 0.1) is 6.92 Å². The predicted molar refractivity (Wildman–Crippen MR) is 90.4 cm³/mol. The van der Waals surface area contributed by atoms with Gasteiger partial charge in [-0.15, -0.1) is 0 Å². The molecule has 0 bridgehead atoms. The largest absolute Gasteiger partial charge is 0.477 e. The fraction of sp³-hybridized carbons (Fsp3) is 0.118. The van der Waals surface area contributed by atoms with Crippen molar-refractivity contribution >= 4 is 21.9 Å². The van der Waals surface area contributed by atoms with E-state index in [1.807, 2.05) is 36.4 Å². The predicted octanol–water partition coefficient (Wildman–Crippen LogP) is 3.76. The second kappa shape index (κ2) is 6.34. The molecule has 2 aromatic heterocycles. The summed E-state index contributed by atoms with van der Waals surface area (Å²) in [6, 6.07) is 11.4. The standard InChI is InChI=1S/C17H14BrN3O2/c1-11-15(17(22)23)21(10-13-5-2-3-7-14(13)18)16(20-11)12-6-4-8-19-9-12/h2-9H,10H2,1H3,(H,22,23). The maximum absolute atomic E-state index is 11.7. The highest BCUT2D eigenvalue weighted by Gasteiger charge is 2.21. The summed E-state index contributed by atoms with van der Waals surface area (Å²) < 4.78 is 2.65. The zero-order chi connectivity index (χ0) is 16.4. The quantitative estimate of drug-likeness (QED) is 0.757. The van der Waals surface area contributed by atoms with Gasteiger partial charge < -0.3 is 9.67 Å². The van der Waals surface area contributed by atoms with Gasteiger partial charge in [-0.3, -0.25) is 4.98 Å². The Morgan fingerprint density at radius 3 is 2.70 bits per heavy atom. The molecule has 0 aliphatic carbocycles. The topological polar surface area (TPSA) is 68.0 Å². The molecule has 23 heavy (non-hydrogen) atoms. The minimum Gasteiger partial charge on any atom is -0.477 e. The van der Waals surface area contributed by atoms with Crippen LogP contribution in [-0.2, 0) is 6.54 Å². The van der Waals surface area contributed by atoms with Crippen molar-refractivity contribution in [1.29, 1.82) is 0 Å². The van der Waals surface area contributed by atoms with Crippen LogP contribution >= 0.6 is 15.9 Å². The van der Waals surface area contributed by atoms with E-state index in [9.17, 15) is 9.90 Å². The molecule has 0 fully saturated rings. The van der Waals surface area contributed by atoms with Crippen LogP contribution in [0.1, 0.15) is 21.7 Å². The summed E-state index contributed by atoms with van der Waals surface area (Å²) in [6.45, 7) is 2.12. The van der Waals surface area contributed by atoms with Gasteiger partial charge in [-0.05, 0) is 30.7 Å². The SMILES string of the molecule is Cc1nc(-c2cccnc2)n(Cc2ccccc2Br)c1C(=O)O. The maximum Gasteiger partial charge on any atom is 0.354 e. The highest BCUT2D eigenvalue weighted by molar-refractivity contribution is 9.10. The van der Waals surface area contributed by atoms with Crippen molar-refractivity contribution in [3.8, 4) is 11.4 Å². The number of carbonyl (C=O) groups is 1. The number of halogens is 1. The van der Waals surface area contributed by atoms with E-state index < -0.39 is 5.97 Å². The smallest absolute Gasteiger partial charge is 0.354 e. The molecule has 0 aliphatic rings. The Bertz CT molecular complexity index is 860. The Kier molecular flexibility index (Phi) is 4.25. The summed E-state index contributed by atoms with van der Waals surface area (Å²) in [5.74, 6) is -0.388. The van der Waals surface area contributed by atoms with E-state index in [1.54, 1.807) is 23.9 Å². The van der Waals surface area contributed by atoms with Crippen molar-refractivity contribution in [2.24, 2.45) is 0 Å². The first-order chi connectivity index (χ1) is 11.1. The second-order valence-corrected chi connectivity index (χ2v) is 5.95. The van der Waals surface area contributed by atoms with Gasteiger partial charge in [-0.25, -0.2) is 9.78 Å². The molecule has 0 amide bonds. The zero-order valence-corrected chi connectivity index (χ0v) is 14.0. The molecular weight excluding hydrogens is 358 g/mol. The van der Waals surface area contributed by atoms with Gasteiger partial charge in [0.15, 0.2) is 5.69 Å². The minimum absolute atomic E-state index is 0.194. The lowest BCUT2D eigenvalue weighted by Crippen LogP contribution is -2.12. The lowest BCUT2D eigenvalue weighted by atomic mass is 10.2. The van der Waals surface area contributed by atoms with Crippen LogP contribution < -0.4 is 0 Å². The number of benzene rings is 1. The van der Waals surface area contributed by atoms with Gasteiger partial charge in [-0.2, -0.15) is 0 Å². The lowest BCUT2D eigenvalue weighted by Gasteiger charge is -2.11. The molecule has 5 nitrogen and oxygen atoms in total. The van der Waals surface area contributed by atoms with Gasteiger partial charge in [0.05, 0.1) is 12.2 Å². The van der Waals surface area contributed by atoms with Crippen LogP contribution in [0.3, 0.4) is 0 Å². The first-order valence-electron chi connectivity index (χ1n) is 7.02. The Hall–Kier alpha value is -2.47. The van der Waals surface area contributed by atoms with Gasteiger partial charge in [0.2, 0.25) is 0 Å². The van der Waals surface area contributed by atoms with Gasteiger partial charge in [0, 0.05) is 22.4 Å². The third-order valence-electron chi connectivity index (χ3n) is 3.55. The zero-order valence-electron chi connectivity index (χ0n) is 12.4. The number of imidazole rings is 1. The molecule has 0 atom stereocenters. The fourth-order valence-electron chi connectivity index (χ4n) is 2.51. The van der Waals surface area contributed by atoms with E-state index in [2.05, 4.69) is 25.9 Å². The Balaban J connectivity index is 2.17. The highest BCUT2D eigenvalue weighted by Crippen LogP contribution is 2.25. The third kappa shape index (κ3) is 3.03. The van der Waals surface area contributed by atoms with Crippen LogP contribution in [0.4, 0.5) is 0 Å². The Morgan fingerprint density at radius 2 is 2.04 bits per heavy atom. The molecule has 0 saturated heterocycles. The summed E-state index contributed by atoms with van der Waals surface area (Å²) in [7, 11) is 0. The van der Waals surface area contributed by atoms with E-state index in [1.165, 1.54) is 0 Å². The van der Waals surface area contributed by atoms with Crippen molar-refractivity contribution in [1.82, 2.24) is 14.5 Å². The molecule has 1 N–H and O–H groups in total. The van der Waals surface area contributed by atoms with E-state index >= 15 is 0 Å². The average molecular weight is 372 g/mol. The van der Waals surface area contributed by atoms with E-state index in [4.69, 9.17) is 0 Å². The molecule has 0 radical (unpaired) electrons. The van der Waals surface area contributed by atoms with Crippen LogP contribution in [0.2, 0.25) is 0 Å². The average Bonchev–Trinajstić information content (AvgIpc) is 2.87. The number of rotatable bonds is 4. The van der Waals surface area contributed by atoms with Crippen LogP contribution in [0.25, 0.3) is 11.4 Å². The third-order valence-corrected chi connectivity index (χ3v) is 4.32. The first kappa shape index (κ1) is 15.4. The summed E-state index contributed by atoms with van der Waals surface area (Å²) in [5, 5.41) is 9.57. The fourth-order valence-corrected chi connectivity index (χ4v) is 2.92. The van der Waals surface area contributed by atoms with Crippen molar-refractivity contribution in [2.45, 2.75) is 13.5 Å². The highest BCUT2D eigenvalue weighted by atomic mass is 79.9. The van der Waals surface area contributed by atoms with Crippen LogP contribution in [0.5, 0.6) is 0 Å². The molecule has 0 saturated carbocycles. The summed E-state index contributed by atoms with van der Waals surface area (Å²) in [6.07, 6.45) is 3.36. The van der Waals surface area contributed by atoms with Gasteiger partial charge >= 0.3 is 5.97 Å². The molecule has 2 heterocycles. The molecular formula is C17H14BrN3O2. The van der Waals surface area contributed by atoms with Gasteiger partial charge in [0.25, 0.3) is 0 Å². The normalized spacial score (nSPS) is 10.7. The number of aryl methyl sites for hydroxylation is 1. The number of aromatic nitrogens is 3. The van der Waals surface area contributed by atoms with E-state index in [0.717, 1.165) is 15.6 Å². The molecule has 3 rings (SSSR count). The number of hydrogen-bond acceptors (Lipinski definition) is 3. The summed E-state index contributed by atoms with van der Waals surface area (Å²) >= 11 is 3.51. The molecule has 6 heteroatoms. The molecule has 0 aliphatic heterocycles. The van der Waals surface area contributed by atoms with Gasteiger partial charge in [-0.1, -0.05) is 34.1 Å². The van der Waals surface area contributed by atoms with Crippen LogP contribution in [-0.4, -0.2) is 25.6 Å². The maximum atomic E-state index is 11.7. The Labute approximate surface area is 141 Å². The number of hydrogen-bond donors (Lipinski definition) is 1. The molecule has 3 aromatic rings. The lowest BCUT2D eigenvalue weighted by molar-refractivity contribution is 0.0685. The van der Waals surface area contributed by atoms with Crippen LogP contribution in [0.15, 0.2) is 53.3 Å². The summed E-state index contributed by atoms with van der Waals surface area (Å²) in [4.78, 5) is 20.2. The number of carboxylic acid groups (broad SMARTS) is 1. The van der Waals surface area contributed by atoms with E-state index in [0.29, 0.717) is 18.1 Å². The molecule has 1 aromatic carbocycles. The number of carboxylic acids is 1. The first-order valence-corrected chi connectivity index (χ1v) is 7.81. The van der Waals surface area contributed by atoms with Gasteiger partial charge in [0.1, 0.15) is 5.82 Å². The van der Waals surface area contributed by atoms with Crippen molar-refractivity contribution in [2.75, 3.05) is 0 Å². The summed E-state index contributed by atoms with van der Waals surface area (Å²) in [5.41, 5.74) is 2.45. The van der Waals surface area contributed by atoms with E-state index in [-0.39, 0.29) is 5.69 Å². The van der Waals surface area contributed by atoms with Crippen molar-refractivity contribution < 1.29 is 9.90 Å². The minimum atomic E-state index is -0.989. The Morgan fingerprint density at radius 1 is 1.26 bits per heavy atom. The number of nitrogens with zero attached hydrogens (tertiary/aromatic N) is 3. The molecule has 116 valence electrons.